The maximum atomic E-state index is 5.74. The number of hydrogen-bond donors (Lipinski definition) is 2. The van der Waals surface area contributed by atoms with Crippen molar-refractivity contribution in [3.05, 3.63) is 23.9 Å². The molecule has 0 spiro atoms. The fraction of sp³-hybridized carbons (Fsp3) is 0.647. The van der Waals surface area contributed by atoms with Gasteiger partial charge in [-0.15, -0.1) is 0 Å². The summed E-state index contributed by atoms with van der Waals surface area (Å²) < 4.78 is 11.0. The standard InChI is InChI=1S/C17H29N5O2/c1-18-17(19-9-5-10-24-15-8-11-23-13-15)20-12-14-6-4-7-16(21-14)22(2)3/h4,6-7,15H,5,8-13H2,1-3H3,(H2,18,19,20). The molecule has 2 heterocycles. The zero-order valence-electron chi connectivity index (χ0n) is 14.9. The molecule has 1 atom stereocenters. The Kier molecular flexibility index (Phi) is 7.77. The van der Waals surface area contributed by atoms with Crippen molar-refractivity contribution in [2.75, 3.05) is 52.4 Å². The fourth-order valence-corrected chi connectivity index (χ4v) is 2.38. The number of nitrogens with zero attached hydrogens (tertiary/aromatic N) is 3. The van der Waals surface area contributed by atoms with Crippen molar-refractivity contribution < 1.29 is 9.47 Å². The number of aliphatic imine (C=N–C) groups is 1. The molecule has 0 amide bonds. The molecule has 1 fully saturated rings. The molecule has 0 bridgehead atoms. The highest BCUT2D eigenvalue weighted by Crippen LogP contribution is 2.08. The van der Waals surface area contributed by atoms with Crippen LogP contribution in [0.4, 0.5) is 5.82 Å². The summed E-state index contributed by atoms with van der Waals surface area (Å²) in [5.74, 6) is 1.72. The number of hydrogen-bond acceptors (Lipinski definition) is 5. The summed E-state index contributed by atoms with van der Waals surface area (Å²) in [5.41, 5.74) is 0.980. The van der Waals surface area contributed by atoms with E-state index in [-0.39, 0.29) is 6.10 Å². The summed E-state index contributed by atoms with van der Waals surface area (Å²) >= 11 is 0. The molecule has 7 nitrogen and oxygen atoms in total. The number of pyridine rings is 1. The van der Waals surface area contributed by atoms with Crippen LogP contribution in [0.25, 0.3) is 0 Å². The summed E-state index contributed by atoms with van der Waals surface area (Å²) in [5, 5.41) is 6.57. The number of guanidine groups is 1. The van der Waals surface area contributed by atoms with Crippen molar-refractivity contribution in [3.8, 4) is 0 Å². The molecule has 1 saturated heterocycles. The smallest absolute Gasteiger partial charge is 0.191 e. The van der Waals surface area contributed by atoms with Gasteiger partial charge in [-0.05, 0) is 25.0 Å². The average Bonchev–Trinajstić information content (AvgIpc) is 3.11. The highest BCUT2D eigenvalue weighted by atomic mass is 16.5. The molecule has 7 heteroatoms. The zero-order chi connectivity index (χ0) is 17.2. The Morgan fingerprint density at radius 2 is 2.29 bits per heavy atom. The lowest BCUT2D eigenvalue weighted by Gasteiger charge is -2.14. The number of ether oxygens (including phenoxy) is 2. The summed E-state index contributed by atoms with van der Waals surface area (Å²) in [6.07, 6.45) is 2.22. The average molecular weight is 335 g/mol. The van der Waals surface area contributed by atoms with Crippen LogP contribution < -0.4 is 15.5 Å². The Bertz CT molecular complexity index is 515. The van der Waals surface area contributed by atoms with Gasteiger partial charge in [0.1, 0.15) is 5.82 Å². The molecule has 1 aromatic rings. The fourth-order valence-electron chi connectivity index (χ4n) is 2.38. The topological polar surface area (TPSA) is 71.0 Å². The van der Waals surface area contributed by atoms with E-state index in [4.69, 9.17) is 9.47 Å². The minimum absolute atomic E-state index is 0.275. The van der Waals surface area contributed by atoms with E-state index in [9.17, 15) is 0 Å². The molecule has 0 radical (unpaired) electrons. The van der Waals surface area contributed by atoms with Crippen molar-refractivity contribution in [2.45, 2.75) is 25.5 Å². The molecule has 2 N–H and O–H groups in total. The lowest BCUT2D eigenvalue weighted by Crippen LogP contribution is -2.37. The van der Waals surface area contributed by atoms with Crippen molar-refractivity contribution in [1.82, 2.24) is 15.6 Å². The van der Waals surface area contributed by atoms with E-state index in [2.05, 4.69) is 20.6 Å². The van der Waals surface area contributed by atoms with Gasteiger partial charge in [-0.25, -0.2) is 4.98 Å². The van der Waals surface area contributed by atoms with Gasteiger partial charge in [0.25, 0.3) is 0 Å². The van der Waals surface area contributed by atoms with Crippen LogP contribution in [0.5, 0.6) is 0 Å². The van der Waals surface area contributed by atoms with Crippen LogP contribution in [-0.4, -0.2) is 64.6 Å². The van der Waals surface area contributed by atoms with Gasteiger partial charge in [0.05, 0.1) is 24.9 Å². The molecule has 0 aliphatic carbocycles. The molecule has 24 heavy (non-hydrogen) atoms. The van der Waals surface area contributed by atoms with E-state index >= 15 is 0 Å². The van der Waals surface area contributed by atoms with Crippen LogP contribution in [0, 0.1) is 0 Å². The summed E-state index contributed by atoms with van der Waals surface area (Å²) in [4.78, 5) is 10.8. The number of nitrogens with one attached hydrogen (secondary N) is 2. The van der Waals surface area contributed by atoms with Gasteiger partial charge in [-0.2, -0.15) is 0 Å². The third-order valence-electron chi connectivity index (χ3n) is 3.77. The van der Waals surface area contributed by atoms with Gasteiger partial charge >= 0.3 is 0 Å². The van der Waals surface area contributed by atoms with Crippen molar-refractivity contribution in [3.63, 3.8) is 0 Å². The van der Waals surface area contributed by atoms with Crippen molar-refractivity contribution >= 4 is 11.8 Å². The van der Waals surface area contributed by atoms with Crippen molar-refractivity contribution in [1.29, 1.82) is 0 Å². The van der Waals surface area contributed by atoms with Gasteiger partial charge in [-0.1, -0.05) is 6.07 Å². The Labute approximate surface area is 144 Å². The first-order valence-corrected chi connectivity index (χ1v) is 8.46. The van der Waals surface area contributed by atoms with Crippen LogP contribution >= 0.6 is 0 Å². The van der Waals surface area contributed by atoms with Crippen LogP contribution in [0.2, 0.25) is 0 Å². The Hall–Kier alpha value is -1.86. The van der Waals surface area contributed by atoms with Crippen LogP contribution in [0.3, 0.4) is 0 Å². The highest BCUT2D eigenvalue weighted by molar-refractivity contribution is 5.79. The minimum atomic E-state index is 0.275. The number of rotatable bonds is 8. The second kappa shape index (κ2) is 10.1. The monoisotopic (exact) mass is 335 g/mol. The van der Waals surface area contributed by atoms with Crippen LogP contribution in [0.1, 0.15) is 18.5 Å². The first-order chi connectivity index (χ1) is 11.7. The lowest BCUT2D eigenvalue weighted by molar-refractivity contribution is 0.0420. The molecule has 0 aromatic carbocycles. The molecular weight excluding hydrogens is 306 g/mol. The number of aromatic nitrogens is 1. The van der Waals surface area contributed by atoms with Gasteiger partial charge < -0.3 is 25.0 Å². The molecule has 0 saturated carbocycles. The second-order valence-corrected chi connectivity index (χ2v) is 5.94. The second-order valence-electron chi connectivity index (χ2n) is 5.94. The summed E-state index contributed by atoms with van der Waals surface area (Å²) in [6.45, 7) is 3.75. The quantitative estimate of drug-likeness (QED) is 0.420. The zero-order valence-corrected chi connectivity index (χ0v) is 14.9. The van der Waals surface area contributed by atoms with Crippen LogP contribution in [0.15, 0.2) is 23.2 Å². The number of anilines is 1. The Balaban J connectivity index is 1.64. The third-order valence-corrected chi connectivity index (χ3v) is 3.77. The molecule has 1 unspecified atom stereocenters. The van der Waals surface area contributed by atoms with E-state index in [1.807, 2.05) is 37.2 Å². The van der Waals surface area contributed by atoms with Gasteiger partial charge in [0.15, 0.2) is 5.96 Å². The largest absolute Gasteiger partial charge is 0.379 e. The third kappa shape index (κ3) is 6.33. The van der Waals surface area contributed by atoms with Crippen LogP contribution in [-0.2, 0) is 16.0 Å². The Morgan fingerprint density at radius 3 is 3.00 bits per heavy atom. The molecule has 1 aliphatic rings. The SMILES string of the molecule is CN=C(NCCCOC1CCOC1)NCc1cccc(N(C)C)n1. The van der Waals surface area contributed by atoms with Gasteiger partial charge in [0, 0.05) is 40.9 Å². The predicted molar refractivity (Wildman–Crippen MR) is 96.6 cm³/mol. The lowest BCUT2D eigenvalue weighted by atomic mass is 10.3. The van der Waals surface area contributed by atoms with E-state index in [0.717, 1.165) is 56.7 Å². The van der Waals surface area contributed by atoms with E-state index in [1.54, 1.807) is 7.05 Å². The first-order valence-electron chi connectivity index (χ1n) is 8.46. The van der Waals surface area contributed by atoms with E-state index < -0.39 is 0 Å². The summed E-state index contributed by atoms with van der Waals surface area (Å²) in [6, 6.07) is 6.01. The maximum absolute atomic E-state index is 5.74. The van der Waals surface area contributed by atoms with Gasteiger partial charge in [-0.3, -0.25) is 4.99 Å². The van der Waals surface area contributed by atoms with Gasteiger partial charge in [0.2, 0.25) is 0 Å². The van der Waals surface area contributed by atoms with E-state index in [1.165, 1.54) is 0 Å². The molecule has 1 aromatic heterocycles. The normalized spacial score (nSPS) is 17.8. The van der Waals surface area contributed by atoms with E-state index in [0.29, 0.717) is 6.54 Å². The molecule has 134 valence electrons. The molecule has 1 aliphatic heterocycles. The molecule has 2 rings (SSSR count). The van der Waals surface area contributed by atoms with Crippen molar-refractivity contribution in [2.24, 2.45) is 4.99 Å². The Morgan fingerprint density at radius 1 is 1.42 bits per heavy atom. The maximum Gasteiger partial charge on any atom is 0.191 e. The summed E-state index contributed by atoms with van der Waals surface area (Å²) in [7, 11) is 5.74. The first kappa shape index (κ1) is 18.5. The minimum Gasteiger partial charge on any atom is -0.379 e. The predicted octanol–water partition coefficient (Wildman–Crippen LogP) is 1.01. The molecular formula is C17H29N5O2. The highest BCUT2D eigenvalue weighted by Gasteiger charge is 2.15.